The van der Waals surface area contributed by atoms with E-state index in [9.17, 15) is 0 Å². The van der Waals surface area contributed by atoms with Gasteiger partial charge >= 0.3 is 0 Å². The Morgan fingerprint density at radius 3 is 2.90 bits per heavy atom. The lowest BCUT2D eigenvalue weighted by Gasteiger charge is -2.38. The van der Waals surface area contributed by atoms with Crippen LogP contribution in [0.5, 0.6) is 0 Å². The quantitative estimate of drug-likeness (QED) is 0.876. The van der Waals surface area contributed by atoms with Gasteiger partial charge in [-0.25, -0.2) is 4.98 Å². The number of aromatic nitrogens is 1. The van der Waals surface area contributed by atoms with Crippen molar-refractivity contribution in [2.45, 2.75) is 64.6 Å². The largest absolute Gasteiger partial charge is 0.372 e. The molecule has 0 aromatic carbocycles. The monoisotopic (exact) mass is 309 g/mol. The highest BCUT2D eigenvalue weighted by Crippen LogP contribution is 2.31. The predicted octanol–water partition coefficient (Wildman–Crippen LogP) is 2.96. The van der Waals surface area contributed by atoms with Crippen molar-refractivity contribution in [1.29, 1.82) is 0 Å². The van der Waals surface area contributed by atoms with Crippen LogP contribution in [0.25, 0.3) is 0 Å². The van der Waals surface area contributed by atoms with E-state index in [2.05, 4.69) is 31.0 Å². The van der Waals surface area contributed by atoms with E-state index >= 15 is 0 Å². The highest BCUT2D eigenvalue weighted by atomic mass is 32.1. The second kappa shape index (κ2) is 6.23. The molecule has 1 saturated heterocycles. The van der Waals surface area contributed by atoms with Crippen molar-refractivity contribution in [3.05, 3.63) is 10.6 Å². The minimum atomic E-state index is -0.0682. The normalized spacial score (nSPS) is 21.8. The van der Waals surface area contributed by atoms with Gasteiger partial charge in [-0.1, -0.05) is 13.3 Å². The zero-order valence-electron chi connectivity index (χ0n) is 13.4. The number of ether oxygens (including phenoxy) is 1. The first kappa shape index (κ1) is 15.3. The second-order valence-corrected chi connectivity index (χ2v) is 7.86. The van der Waals surface area contributed by atoms with Crippen molar-refractivity contribution in [3.63, 3.8) is 0 Å². The van der Waals surface area contributed by atoms with Crippen LogP contribution in [0.3, 0.4) is 0 Å². The molecule has 3 rings (SSSR count). The van der Waals surface area contributed by atoms with Crippen molar-refractivity contribution in [3.8, 4) is 0 Å². The van der Waals surface area contributed by atoms with Crippen LogP contribution in [0, 0.1) is 0 Å². The van der Waals surface area contributed by atoms with Crippen LogP contribution in [-0.4, -0.2) is 36.3 Å². The van der Waals surface area contributed by atoms with E-state index in [0.29, 0.717) is 0 Å². The number of morpholine rings is 1. The minimum Gasteiger partial charge on any atom is -0.372 e. The third-order valence-electron chi connectivity index (χ3n) is 4.08. The zero-order chi connectivity index (χ0) is 14.9. The van der Waals surface area contributed by atoms with Gasteiger partial charge in [-0.3, -0.25) is 0 Å². The van der Waals surface area contributed by atoms with Gasteiger partial charge in [-0.05, 0) is 33.1 Å². The Morgan fingerprint density at radius 1 is 1.43 bits per heavy atom. The van der Waals surface area contributed by atoms with Gasteiger partial charge in [0, 0.05) is 30.6 Å². The SMILES string of the molecule is CCCc1nc(N2CCOC(C)(C)C2)sc1CNC1CC1. The summed E-state index contributed by atoms with van der Waals surface area (Å²) in [4.78, 5) is 8.77. The smallest absolute Gasteiger partial charge is 0.186 e. The van der Waals surface area contributed by atoms with Crippen LogP contribution in [0.4, 0.5) is 5.13 Å². The van der Waals surface area contributed by atoms with E-state index in [1.165, 1.54) is 28.5 Å². The highest BCUT2D eigenvalue weighted by Gasteiger charge is 2.29. The van der Waals surface area contributed by atoms with Gasteiger partial charge in [0.05, 0.1) is 17.9 Å². The molecule has 0 radical (unpaired) electrons. The molecule has 2 fully saturated rings. The van der Waals surface area contributed by atoms with Crippen LogP contribution in [0.15, 0.2) is 0 Å². The lowest BCUT2D eigenvalue weighted by molar-refractivity contribution is -0.0277. The fourth-order valence-corrected chi connectivity index (χ4v) is 3.86. The summed E-state index contributed by atoms with van der Waals surface area (Å²) in [5, 5.41) is 4.81. The van der Waals surface area contributed by atoms with Crippen LogP contribution in [-0.2, 0) is 17.7 Å². The van der Waals surface area contributed by atoms with Crippen molar-refractivity contribution in [2.75, 3.05) is 24.6 Å². The molecule has 1 aliphatic heterocycles. The third-order valence-corrected chi connectivity index (χ3v) is 5.24. The summed E-state index contributed by atoms with van der Waals surface area (Å²) in [7, 11) is 0. The first-order valence-corrected chi connectivity index (χ1v) is 9.00. The fourth-order valence-electron chi connectivity index (χ4n) is 2.78. The molecule has 1 aromatic heterocycles. The molecule has 1 aliphatic carbocycles. The Kier molecular flexibility index (Phi) is 4.52. The molecule has 0 unspecified atom stereocenters. The number of rotatable bonds is 6. The molecule has 1 N–H and O–H groups in total. The van der Waals surface area contributed by atoms with Gasteiger partial charge < -0.3 is 15.0 Å². The van der Waals surface area contributed by atoms with E-state index < -0.39 is 0 Å². The molecular formula is C16H27N3OS. The van der Waals surface area contributed by atoms with E-state index in [1.807, 2.05) is 11.3 Å². The van der Waals surface area contributed by atoms with Gasteiger partial charge in [-0.2, -0.15) is 0 Å². The molecule has 2 heterocycles. The number of hydrogen-bond acceptors (Lipinski definition) is 5. The average molecular weight is 309 g/mol. The molecule has 0 amide bonds. The summed E-state index contributed by atoms with van der Waals surface area (Å²) < 4.78 is 5.81. The van der Waals surface area contributed by atoms with Crippen molar-refractivity contribution in [1.82, 2.24) is 10.3 Å². The summed E-state index contributed by atoms with van der Waals surface area (Å²) in [6.45, 7) is 10.2. The summed E-state index contributed by atoms with van der Waals surface area (Å²) in [6, 6.07) is 0.757. The number of hydrogen-bond donors (Lipinski definition) is 1. The number of nitrogens with one attached hydrogen (secondary N) is 1. The van der Waals surface area contributed by atoms with Crippen LogP contribution in [0.2, 0.25) is 0 Å². The van der Waals surface area contributed by atoms with Gasteiger partial charge in [0.1, 0.15) is 0 Å². The molecule has 0 spiro atoms. The molecule has 0 atom stereocenters. The zero-order valence-corrected chi connectivity index (χ0v) is 14.3. The number of aryl methyl sites for hydroxylation is 1. The maximum atomic E-state index is 5.81. The van der Waals surface area contributed by atoms with Crippen molar-refractivity contribution >= 4 is 16.5 Å². The highest BCUT2D eigenvalue weighted by molar-refractivity contribution is 7.15. The average Bonchev–Trinajstić information content (AvgIpc) is 3.17. The summed E-state index contributed by atoms with van der Waals surface area (Å²) in [5.74, 6) is 0. The summed E-state index contributed by atoms with van der Waals surface area (Å²) in [6.07, 6.45) is 4.93. The molecule has 118 valence electrons. The summed E-state index contributed by atoms with van der Waals surface area (Å²) in [5.41, 5.74) is 1.23. The maximum absolute atomic E-state index is 5.81. The van der Waals surface area contributed by atoms with Gasteiger partial charge in [0.15, 0.2) is 5.13 Å². The first-order valence-electron chi connectivity index (χ1n) is 8.18. The third kappa shape index (κ3) is 3.96. The fraction of sp³-hybridized carbons (Fsp3) is 0.812. The molecule has 2 aliphatic rings. The Hall–Kier alpha value is -0.650. The summed E-state index contributed by atoms with van der Waals surface area (Å²) >= 11 is 1.87. The lowest BCUT2D eigenvalue weighted by atomic mass is 10.1. The van der Waals surface area contributed by atoms with Crippen LogP contribution >= 0.6 is 11.3 Å². The Morgan fingerprint density at radius 2 is 2.24 bits per heavy atom. The standard InChI is InChI=1S/C16H27N3OS/c1-4-5-13-14(10-17-12-6-7-12)21-15(18-13)19-8-9-20-16(2,3)11-19/h12,17H,4-11H2,1-3H3. The molecule has 0 bridgehead atoms. The molecule has 5 heteroatoms. The predicted molar refractivity (Wildman–Crippen MR) is 88.2 cm³/mol. The van der Waals surface area contributed by atoms with E-state index in [4.69, 9.17) is 9.72 Å². The molecule has 1 aromatic rings. The minimum absolute atomic E-state index is 0.0682. The van der Waals surface area contributed by atoms with Gasteiger partial charge in [0.25, 0.3) is 0 Å². The topological polar surface area (TPSA) is 37.4 Å². The number of anilines is 1. The van der Waals surface area contributed by atoms with Crippen molar-refractivity contribution < 1.29 is 4.74 Å². The lowest BCUT2D eigenvalue weighted by Crippen LogP contribution is -2.48. The molecule has 21 heavy (non-hydrogen) atoms. The Labute approximate surface area is 131 Å². The van der Waals surface area contributed by atoms with E-state index in [0.717, 1.165) is 45.1 Å². The maximum Gasteiger partial charge on any atom is 0.186 e. The number of nitrogens with zero attached hydrogens (tertiary/aromatic N) is 2. The number of thiazole rings is 1. The Bertz CT molecular complexity index is 482. The molecular weight excluding hydrogens is 282 g/mol. The second-order valence-electron chi connectivity index (χ2n) is 6.80. The van der Waals surface area contributed by atoms with Gasteiger partial charge in [0.2, 0.25) is 0 Å². The molecule has 1 saturated carbocycles. The molecule has 4 nitrogen and oxygen atoms in total. The van der Waals surface area contributed by atoms with E-state index in [-0.39, 0.29) is 5.60 Å². The van der Waals surface area contributed by atoms with Crippen LogP contribution in [0.1, 0.15) is 50.6 Å². The first-order chi connectivity index (χ1) is 10.1. The van der Waals surface area contributed by atoms with E-state index in [1.54, 1.807) is 0 Å². The van der Waals surface area contributed by atoms with Gasteiger partial charge in [-0.15, -0.1) is 11.3 Å². The van der Waals surface area contributed by atoms with Crippen molar-refractivity contribution in [2.24, 2.45) is 0 Å². The van der Waals surface area contributed by atoms with Crippen LogP contribution < -0.4 is 10.2 Å². The Balaban J connectivity index is 1.72.